The first-order chi connectivity index (χ1) is 14.0. The van der Waals surface area contributed by atoms with Crippen LogP contribution in [0.1, 0.15) is 6.42 Å². The molecule has 3 aromatic rings. The van der Waals surface area contributed by atoms with E-state index in [4.69, 9.17) is 14.6 Å². The van der Waals surface area contributed by atoms with E-state index >= 15 is 0 Å². The number of methoxy groups -OCH3 is 2. The van der Waals surface area contributed by atoms with Crippen molar-refractivity contribution in [1.29, 1.82) is 0 Å². The Hall–Kier alpha value is -3.20. The molecule has 1 fully saturated rings. The zero-order valence-electron chi connectivity index (χ0n) is 16.3. The van der Waals surface area contributed by atoms with Gasteiger partial charge in [0, 0.05) is 25.0 Å². The molecule has 29 heavy (non-hydrogen) atoms. The van der Waals surface area contributed by atoms with Crippen LogP contribution in [-0.2, 0) is 11.8 Å². The number of pyridine rings is 2. The van der Waals surface area contributed by atoms with E-state index < -0.39 is 5.82 Å². The average Bonchev–Trinajstić information content (AvgIpc) is 3.45. The lowest BCUT2D eigenvalue weighted by atomic mass is 10.1. The highest BCUT2D eigenvalue weighted by molar-refractivity contribution is 5.96. The van der Waals surface area contributed by atoms with Crippen LogP contribution in [0.3, 0.4) is 0 Å². The van der Waals surface area contributed by atoms with Crippen LogP contribution in [0.4, 0.5) is 10.2 Å². The van der Waals surface area contributed by atoms with Crippen molar-refractivity contribution in [3.05, 3.63) is 30.3 Å². The van der Waals surface area contributed by atoms with E-state index in [0.29, 0.717) is 23.5 Å². The third kappa shape index (κ3) is 3.27. The molecule has 1 aliphatic rings. The highest BCUT2D eigenvalue weighted by Crippen LogP contribution is 2.41. The molecule has 0 bridgehead atoms. The number of rotatable bonds is 6. The lowest BCUT2D eigenvalue weighted by molar-refractivity contribution is -0.117. The number of aryl methyl sites for hydroxylation is 1. The second-order valence-electron chi connectivity index (χ2n) is 7.01. The van der Waals surface area contributed by atoms with E-state index in [2.05, 4.69) is 15.3 Å². The van der Waals surface area contributed by atoms with Gasteiger partial charge in [0.15, 0.2) is 11.6 Å². The fourth-order valence-electron chi connectivity index (χ4n) is 3.57. The van der Waals surface area contributed by atoms with Gasteiger partial charge in [0.05, 0.1) is 37.8 Å². The Morgan fingerprint density at radius 2 is 2.10 bits per heavy atom. The van der Waals surface area contributed by atoms with Crippen molar-refractivity contribution >= 4 is 22.6 Å². The molecule has 0 saturated heterocycles. The third-order valence-corrected chi connectivity index (χ3v) is 5.28. The summed E-state index contributed by atoms with van der Waals surface area (Å²) in [6, 6.07) is 3.58. The number of carbonyl (C=O) groups excluding carboxylic acids is 1. The molecule has 0 unspecified atom stereocenters. The van der Waals surface area contributed by atoms with E-state index in [-0.39, 0.29) is 36.0 Å². The van der Waals surface area contributed by atoms with Gasteiger partial charge in [-0.3, -0.25) is 4.79 Å². The quantitative estimate of drug-likeness (QED) is 0.659. The number of anilines is 1. The van der Waals surface area contributed by atoms with Crippen molar-refractivity contribution in [2.24, 2.45) is 18.9 Å². The number of nitrogens with zero attached hydrogens (tertiary/aromatic N) is 3. The minimum absolute atomic E-state index is 0.0118. The molecule has 2 atom stereocenters. The zero-order valence-corrected chi connectivity index (χ0v) is 16.3. The fraction of sp³-hybridized carbons (Fsp3) is 0.350. The van der Waals surface area contributed by atoms with Gasteiger partial charge in [-0.15, -0.1) is 0 Å². The van der Waals surface area contributed by atoms with Crippen LogP contribution < -0.4 is 14.8 Å². The SMILES string of the molecule is COc1ncc(F)c(OC)c1-c1cc2cc(NC(=O)[C@H]3C[C@@H]3CO)ncc2n1C. The molecule has 4 rings (SSSR count). The Kier molecular flexibility index (Phi) is 4.83. The van der Waals surface area contributed by atoms with Gasteiger partial charge < -0.3 is 24.5 Å². The Balaban J connectivity index is 1.74. The van der Waals surface area contributed by atoms with E-state index in [1.54, 1.807) is 12.3 Å². The highest BCUT2D eigenvalue weighted by Gasteiger charge is 2.42. The summed E-state index contributed by atoms with van der Waals surface area (Å²) in [7, 11) is 4.66. The number of ether oxygens (including phenoxy) is 2. The molecule has 2 N–H and O–H groups in total. The first-order valence-corrected chi connectivity index (χ1v) is 9.12. The average molecular weight is 400 g/mol. The third-order valence-electron chi connectivity index (χ3n) is 5.28. The van der Waals surface area contributed by atoms with Gasteiger partial charge in [0.2, 0.25) is 11.8 Å². The van der Waals surface area contributed by atoms with Gasteiger partial charge >= 0.3 is 0 Å². The fourth-order valence-corrected chi connectivity index (χ4v) is 3.57. The summed E-state index contributed by atoms with van der Waals surface area (Å²) in [5.74, 6) is -0.197. The Bertz CT molecular complexity index is 1100. The first kappa shape index (κ1) is 19.1. The lowest BCUT2D eigenvalue weighted by Gasteiger charge is -2.13. The van der Waals surface area contributed by atoms with Gasteiger partial charge in [-0.2, -0.15) is 0 Å². The summed E-state index contributed by atoms with van der Waals surface area (Å²) in [4.78, 5) is 20.5. The summed E-state index contributed by atoms with van der Waals surface area (Å²) in [5.41, 5.74) is 1.81. The number of nitrogens with one attached hydrogen (secondary N) is 1. The number of aromatic nitrogens is 3. The highest BCUT2D eigenvalue weighted by atomic mass is 19.1. The maximum absolute atomic E-state index is 14.3. The van der Waals surface area contributed by atoms with E-state index in [0.717, 1.165) is 17.1 Å². The maximum Gasteiger partial charge on any atom is 0.229 e. The smallest absolute Gasteiger partial charge is 0.229 e. The van der Waals surface area contributed by atoms with E-state index in [1.807, 2.05) is 17.7 Å². The van der Waals surface area contributed by atoms with Crippen molar-refractivity contribution in [3.63, 3.8) is 0 Å². The van der Waals surface area contributed by atoms with Crippen molar-refractivity contribution < 1.29 is 23.8 Å². The summed E-state index contributed by atoms with van der Waals surface area (Å²) in [6.45, 7) is 0.0118. The van der Waals surface area contributed by atoms with Gasteiger partial charge in [0.25, 0.3) is 0 Å². The minimum Gasteiger partial charge on any atom is -0.493 e. The van der Waals surface area contributed by atoms with Crippen molar-refractivity contribution in [2.45, 2.75) is 6.42 Å². The van der Waals surface area contributed by atoms with Crippen LogP contribution in [0.2, 0.25) is 0 Å². The monoisotopic (exact) mass is 400 g/mol. The number of halogens is 1. The molecule has 8 nitrogen and oxygen atoms in total. The first-order valence-electron chi connectivity index (χ1n) is 9.12. The predicted molar refractivity (Wildman–Crippen MR) is 104 cm³/mol. The Labute approximate surface area is 166 Å². The summed E-state index contributed by atoms with van der Waals surface area (Å²) in [5, 5.41) is 12.7. The molecule has 3 aromatic heterocycles. The predicted octanol–water partition coefficient (Wildman–Crippen LogP) is 2.36. The number of amides is 1. The van der Waals surface area contributed by atoms with Crippen molar-refractivity contribution in [3.8, 4) is 22.9 Å². The van der Waals surface area contributed by atoms with Gasteiger partial charge in [-0.25, -0.2) is 14.4 Å². The number of carbonyl (C=O) groups is 1. The van der Waals surface area contributed by atoms with Crippen LogP contribution in [-0.4, -0.2) is 46.4 Å². The number of aliphatic hydroxyl groups is 1. The molecule has 3 heterocycles. The lowest BCUT2D eigenvalue weighted by Crippen LogP contribution is -2.16. The number of aliphatic hydroxyl groups excluding tert-OH is 1. The molecule has 1 amide bonds. The maximum atomic E-state index is 14.3. The standard InChI is InChI=1S/C20H21FN4O4/c1-25-14(17-18(28-2)13(21)7-23-20(17)29-3)5-10-6-16(22-8-15(10)25)24-19(27)12-4-11(12)9-26/h5-8,11-12,26H,4,9H2,1-3H3,(H,22,24,27)/t11-,12+/m1/s1. The Morgan fingerprint density at radius 3 is 2.76 bits per heavy atom. The second-order valence-corrected chi connectivity index (χ2v) is 7.01. The molecule has 152 valence electrons. The van der Waals surface area contributed by atoms with Gasteiger partial charge in [0.1, 0.15) is 11.4 Å². The molecule has 0 radical (unpaired) electrons. The van der Waals surface area contributed by atoms with Gasteiger partial charge in [-0.05, 0) is 24.5 Å². The molecular formula is C20H21FN4O4. The molecule has 0 spiro atoms. The molecule has 1 saturated carbocycles. The molecule has 0 aromatic carbocycles. The minimum atomic E-state index is -0.595. The molecule has 1 aliphatic carbocycles. The van der Waals surface area contributed by atoms with E-state index in [9.17, 15) is 9.18 Å². The zero-order chi connectivity index (χ0) is 20.7. The number of fused-ring (bicyclic) bond motifs is 1. The molecular weight excluding hydrogens is 379 g/mol. The van der Waals surface area contributed by atoms with Crippen molar-refractivity contribution in [1.82, 2.24) is 14.5 Å². The molecule has 9 heteroatoms. The van der Waals surface area contributed by atoms with Crippen LogP contribution in [0, 0.1) is 17.7 Å². The van der Waals surface area contributed by atoms with E-state index in [1.165, 1.54) is 14.2 Å². The number of hydrogen-bond donors (Lipinski definition) is 2. The summed E-state index contributed by atoms with van der Waals surface area (Å²) < 4.78 is 26.7. The second kappa shape index (κ2) is 7.32. The number of hydrogen-bond acceptors (Lipinski definition) is 6. The molecule has 0 aliphatic heterocycles. The normalized spacial score (nSPS) is 18.0. The van der Waals surface area contributed by atoms with Crippen LogP contribution in [0.5, 0.6) is 11.6 Å². The van der Waals surface area contributed by atoms with Crippen LogP contribution in [0.25, 0.3) is 22.2 Å². The van der Waals surface area contributed by atoms with Crippen LogP contribution in [0.15, 0.2) is 24.5 Å². The summed E-state index contributed by atoms with van der Waals surface area (Å²) in [6.07, 6.45) is 3.37. The largest absolute Gasteiger partial charge is 0.493 e. The van der Waals surface area contributed by atoms with Crippen LogP contribution >= 0.6 is 0 Å². The summed E-state index contributed by atoms with van der Waals surface area (Å²) >= 11 is 0. The van der Waals surface area contributed by atoms with Gasteiger partial charge in [-0.1, -0.05) is 0 Å². The topological polar surface area (TPSA) is 98.5 Å². The van der Waals surface area contributed by atoms with Crippen molar-refractivity contribution in [2.75, 3.05) is 26.1 Å². The Morgan fingerprint density at radius 1 is 1.31 bits per heavy atom.